The molecule has 5 heteroatoms. The Morgan fingerprint density at radius 2 is 2.29 bits per heavy atom. The number of nitrogens with zero attached hydrogens (tertiary/aromatic N) is 3. The number of halogens is 1. The van der Waals surface area contributed by atoms with Gasteiger partial charge in [0.15, 0.2) is 0 Å². The number of hydrogen-bond acceptors (Lipinski definition) is 3. The highest BCUT2D eigenvalue weighted by Crippen LogP contribution is 2.26. The van der Waals surface area contributed by atoms with Gasteiger partial charge in [-0.05, 0) is 36.6 Å². The molecule has 1 unspecified atom stereocenters. The van der Waals surface area contributed by atoms with Crippen LogP contribution in [-0.2, 0) is 0 Å². The fourth-order valence-electron chi connectivity index (χ4n) is 1.76. The third-order valence-corrected chi connectivity index (χ3v) is 3.11. The number of aromatic nitrogens is 3. The number of hydrogen-bond donors (Lipinski definition) is 1. The minimum absolute atomic E-state index is 0.419. The zero-order chi connectivity index (χ0) is 12.3. The van der Waals surface area contributed by atoms with Crippen molar-refractivity contribution in [2.75, 3.05) is 6.54 Å². The first kappa shape index (κ1) is 12.1. The maximum Gasteiger partial charge on any atom is 0.138 e. The zero-order valence-electron chi connectivity index (χ0n) is 9.68. The molecule has 2 rings (SSSR count). The summed E-state index contributed by atoms with van der Waals surface area (Å²) in [5, 5.41) is 4.74. The van der Waals surface area contributed by atoms with Gasteiger partial charge >= 0.3 is 0 Å². The standard InChI is InChI=1S/C12H15ClN4/c1-9(4-5-14)10-2-3-12(11(13)6-10)17-8-15-7-16-17/h2-3,6-9H,4-5,14H2,1H3. The Kier molecular flexibility index (Phi) is 3.76. The van der Waals surface area contributed by atoms with Crippen molar-refractivity contribution in [3.8, 4) is 5.69 Å². The Morgan fingerprint density at radius 3 is 2.88 bits per heavy atom. The van der Waals surface area contributed by atoms with Crippen molar-refractivity contribution in [3.63, 3.8) is 0 Å². The van der Waals surface area contributed by atoms with Crippen LogP contribution in [0, 0.1) is 0 Å². The second kappa shape index (κ2) is 5.29. The predicted octanol–water partition coefficient (Wildman–Crippen LogP) is 2.37. The molecule has 0 radical (unpaired) electrons. The Labute approximate surface area is 105 Å². The number of rotatable bonds is 4. The highest BCUT2D eigenvalue weighted by molar-refractivity contribution is 6.32. The van der Waals surface area contributed by atoms with Crippen molar-refractivity contribution in [2.24, 2.45) is 5.73 Å². The molecule has 1 aromatic carbocycles. The van der Waals surface area contributed by atoms with Crippen LogP contribution in [0.15, 0.2) is 30.9 Å². The van der Waals surface area contributed by atoms with Crippen LogP contribution in [0.25, 0.3) is 5.69 Å². The highest BCUT2D eigenvalue weighted by atomic mass is 35.5. The van der Waals surface area contributed by atoms with E-state index in [0.717, 1.165) is 12.1 Å². The van der Waals surface area contributed by atoms with Gasteiger partial charge in [-0.2, -0.15) is 5.10 Å². The molecule has 4 nitrogen and oxygen atoms in total. The molecule has 0 spiro atoms. The normalized spacial score (nSPS) is 12.6. The van der Waals surface area contributed by atoms with E-state index < -0.39 is 0 Å². The van der Waals surface area contributed by atoms with Crippen molar-refractivity contribution in [3.05, 3.63) is 41.4 Å². The average Bonchev–Trinajstić information content (AvgIpc) is 2.82. The topological polar surface area (TPSA) is 56.7 Å². The second-order valence-electron chi connectivity index (χ2n) is 4.03. The molecule has 90 valence electrons. The Morgan fingerprint density at radius 1 is 1.47 bits per heavy atom. The van der Waals surface area contributed by atoms with Crippen molar-refractivity contribution in [2.45, 2.75) is 19.3 Å². The monoisotopic (exact) mass is 250 g/mol. The van der Waals surface area contributed by atoms with E-state index in [0.29, 0.717) is 17.5 Å². The smallest absolute Gasteiger partial charge is 0.138 e. The summed E-state index contributed by atoms with van der Waals surface area (Å²) in [5.41, 5.74) is 7.60. The van der Waals surface area contributed by atoms with Gasteiger partial charge in [0, 0.05) is 0 Å². The lowest BCUT2D eigenvalue weighted by Crippen LogP contribution is -2.05. The largest absolute Gasteiger partial charge is 0.330 e. The molecule has 0 fully saturated rings. The lowest BCUT2D eigenvalue weighted by molar-refractivity contribution is 0.690. The van der Waals surface area contributed by atoms with Gasteiger partial charge < -0.3 is 5.73 Å². The minimum Gasteiger partial charge on any atom is -0.330 e. The van der Waals surface area contributed by atoms with E-state index in [9.17, 15) is 0 Å². The van der Waals surface area contributed by atoms with Crippen molar-refractivity contribution in [1.29, 1.82) is 0 Å². The van der Waals surface area contributed by atoms with Crippen LogP contribution in [0.2, 0.25) is 5.02 Å². The molecule has 1 aromatic heterocycles. The van der Waals surface area contributed by atoms with Gasteiger partial charge in [0.2, 0.25) is 0 Å². The summed E-state index contributed by atoms with van der Waals surface area (Å²) in [6.45, 7) is 2.83. The van der Waals surface area contributed by atoms with Crippen LogP contribution >= 0.6 is 11.6 Å². The van der Waals surface area contributed by atoms with Crippen LogP contribution in [0.5, 0.6) is 0 Å². The summed E-state index contributed by atoms with van der Waals surface area (Å²) in [6.07, 6.45) is 4.07. The first-order chi connectivity index (χ1) is 8.22. The molecule has 0 aliphatic carbocycles. The van der Waals surface area contributed by atoms with Crippen molar-refractivity contribution in [1.82, 2.24) is 14.8 Å². The first-order valence-corrected chi connectivity index (χ1v) is 5.94. The highest BCUT2D eigenvalue weighted by Gasteiger charge is 2.09. The van der Waals surface area contributed by atoms with E-state index in [2.05, 4.69) is 23.1 Å². The first-order valence-electron chi connectivity index (χ1n) is 5.57. The van der Waals surface area contributed by atoms with Crippen LogP contribution in [0.1, 0.15) is 24.8 Å². The van der Waals surface area contributed by atoms with E-state index in [-0.39, 0.29) is 0 Å². The summed E-state index contributed by atoms with van der Waals surface area (Å²) in [6, 6.07) is 5.99. The number of nitrogens with two attached hydrogens (primary N) is 1. The Hall–Kier alpha value is -1.39. The van der Waals surface area contributed by atoms with Gasteiger partial charge in [-0.1, -0.05) is 24.6 Å². The van der Waals surface area contributed by atoms with Crippen LogP contribution in [0.3, 0.4) is 0 Å². The second-order valence-corrected chi connectivity index (χ2v) is 4.44. The fraction of sp³-hybridized carbons (Fsp3) is 0.333. The van der Waals surface area contributed by atoms with E-state index in [1.807, 2.05) is 12.1 Å². The predicted molar refractivity (Wildman–Crippen MR) is 68.5 cm³/mol. The summed E-state index contributed by atoms with van der Waals surface area (Å²) >= 11 is 6.25. The molecule has 0 bridgehead atoms. The molecule has 0 amide bonds. The van der Waals surface area contributed by atoms with Gasteiger partial charge in [0.05, 0.1) is 10.7 Å². The molecule has 1 heterocycles. The quantitative estimate of drug-likeness (QED) is 0.906. The lowest BCUT2D eigenvalue weighted by Gasteiger charge is -2.12. The molecular weight excluding hydrogens is 236 g/mol. The third-order valence-electron chi connectivity index (χ3n) is 2.81. The lowest BCUT2D eigenvalue weighted by atomic mass is 9.98. The van der Waals surface area contributed by atoms with E-state index >= 15 is 0 Å². The average molecular weight is 251 g/mol. The molecule has 2 aromatic rings. The Balaban J connectivity index is 2.29. The molecule has 2 N–H and O–H groups in total. The van der Waals surface area contributed by atoms with Gasteiger partial charge in [-0.25, -0.2) is 9.67 Å². The molecule has 0 aliphatic rings. The number of benzene rings is 1. The molecule has 1 atom stereocenters. The SMILES string of the molecule is CC(CCN)c1ccc(-n2cncn2)c(Cl)c1. The van der Waals surface area contributed by atoms with Gasteiger partial charge in [-0.3, -0.25) is 0 Å². The van der Waals surface area contributed by atoms with Crippen molar-refractivity contribution >= 4 is 11.6 Å². The molecule has 0 aliphatic heterocycles. The van der Waals surface area contributed by atoms with E-state index in [1.165, 1.54) is 11.9 Å². The summed E-state index contributed by atoms with van der Waals surface area (Å²) in [4.78, 5) is 3.90. The van der Waals surface area contributed by atoms with Crippen molar-refractivity contribution < 1.29 is 0 Å². The van der Waals surface area contributed by atoms with Crippen LogP contribution in [-0.4, -0.2) is 21.3 Å². The van der Waals surface area contributed by atoms with E-state index in [1.54, 1.807) is 11.0 Å². The van der Waals surface area contributed by atoms with Crippen LogP contribution in [0.4, 0.5) is 0 Å². The van der Waals surface area contributed by atoms with Gasteiger partial charge in [0.1, 0.15) is 12.7 Å². The molecule has 0 saturated heterocycles. The van der Waals surface area contributed by atoms with E-state index in [4.69, 9.17) is 17.3 Å². The third kappa shape index (κ3) is 2.65. The van der Waals surface area contributed by atoms with Gasteiger partial charge in [0.25, 0.3) is 0 Å². The maximum atomic E-state index is 6.25. The van der Waals surface area contributed by atoms with Crippen LogP contribution < -0.4 is 5.73 Å². The zero-order valence-corrected chi connectivity index (χ0v) is 10.4. The molecular formula is C12H15ClN4. The summed E-state index contributed by atoms with van der Waals surface area (Å²) in [7, 11) is 0. The summed E-state index contributed by atoms with van der Waals surface area (Å²) in [5.74, 6) is 0.419. The maximum absolute atomic E-state index is 6.25. The molecule has 17 heavy (non-hydrogen) atoms. The molecule has 0 saturated carbocycles. The van der Waals surface area contributed by atoms with Gasteiger partial charge in [-0.15, -0.1) is 0 Å². The minimum atomic E-state index is 0.419. The fourth-order valence-corrected chi connectivity index (χ4v) is 2.04. The Bertz CT molecular complexity index is 481. The summed E-state index contributed by atoms with van der Waals surface area (Å²) < 4.78 is 1.65.